The highest BCUT2D eigenvalue weighted by Crippen LogP contribution is 2.28. The summed E-state index contributed by atoms with van der Waals surface area (Å²) < 4.78 is 0. The minimum absolute atomic E-state index is 0.613. The molecule has 1 fully saturated rings. The van der Waals surface area contributed by atoms with Crippen molar-refractivity contribution >= 4 is 28.1 Å². The molecule has 0 unspecified atom stereocenters. The Bertz CT molecular complexity index is 857. The summed E-state index contributed by atoms with van der Waals surface area (Å²) in [6.07, 6.45) is 0. The third kappa shape index (κ3) is 3.44. The molecule has 1 saturated heterocycles. The number of para-hydroxylation sites is 2. The molecule has 0 bridgehead atoms. The molecular formula is C21H25N5. The summed E-state index contributed by atoms with van der Waals surface area (Å²) in [7, 11) is 0. The molecule has 26 heavy (non-hydrogen) atoms. The monoisotopic (exact) mass is 347 g/mol. The van der Waals surface area contributed by atoms with E-state index in [2.05, 4.69) is 69.7 Å². The molecule has 0 spiro atoms. The van der Waals surface area contributed by atoms with Crippen molar-refractivity contribution in [3.05, 3.63) is 60.7 Å². The topological polar surface area (TPSA) is 57.4 Å². The maximum atomic E-state index is 5.68. The summed E-state index contributed by atoms with van der Waals surface area (Å²) in [5.41, 5.74) is 9.11. The van der Waals surface area contributed by atoms with Crippen LogP contribution in [0, 0.1) is 0 Å². The number of anilines is 3. The first-order valence-corrected chi connectivity index (χ1v) is 9.24. The van der Waals surface area contributed by atoms with E-state index in [9.17, 15) is 0 Å². The Morgan fingerprint density at radius 3 is 2.35 bits per heavy atom. The van der Waals surface area contributed by atoms with Gasteiger partial charge in [-0.1, -0.05) is 36.4 Å². The number of rotatable bonds is 5. The Morgan fingerprint density at radius 2 is 1.58 bits per heavy atom. The normalized spacial score (nSPS) is 14.7. The second-order valence-electron chi connectivity index (χ2n) is 6.57. The van der Waals surface area contributed by atoms with Crippen LogP contribution >= 0.6 is 0 Å². The fourth-order valence-electron chi connectivity index (χ4n) is 3.51. The Kier molecular flexibility index (Phi) is 4.88. The van der Waals surface area contributed by atoms with Crippen molar-refractivity contribution in [2.75, 3.05) is 54.4 Å². The number of piperazine rings is 1. The van der Waals surface area contributed by atoms with Crippen LogP contribution in [0.4, 0.5) is 17.2 Å². The molecule has 4 rings (SSSR count). The van der Waals surface area contributed by atoms with Crippen molar-refractivity contribution in [2.45, 2.75) is 0 Å². The number of nitrogens with two attached hydrogens (primary N) is 1. The van der Waals surface area contributed by atoms with Crippen LogP contribution in [0.3, 0.4) is 0 Å². The molecule has 5 heteroatoms. The minimum Gasteiger partial charge on any atom is -0.383 e. The molecule has 0 radical (unpaired) electrons. The minimum atomic E-state index is 0.613. The van der Waals surface area contributed by atoms with Gasteiger partial charge in [0.15, 0.2) is 0 Å². The molecule has 2 heterocycles. The third-order valence-electron chi connectivity index (χ3n) is 4.89. The fourth-order valence-corrected chi connectivity index (χ4v) is 3.51. The van der Waals surface area contributed by atoms with Crippen molar-refractivity contribution < 1.29 is 0 Å². The maximum absolute atomic E-state index is 5.68. The molecule has 5 nitrogen and oxygen atoms in total. The Labute approximate surface area is 154 Å². The standard InChI is InChI=1S/C21H25N5/c22-10-11-23-20-16-21(24-19-9-5-4-8-18(19)20)26-14-12-25(13-15-26)17-6-2-1-3-7-17/h1-9,16H,10-15,22H2,(H,23,24). The number of nitrogens with one attached hydrogen (secondary N) is 1. The van der Waals surface area contributed by atoms with E-state index >= 15 is 0 Å². The number of aromatic nitrogens is 1. The van der Waals surface area contributed by atoms with Crippen molar-refractivity contribution in [1.82, 2.24) is 4.98 Å². The van der Waals surface area contributed by atoms with Crippen molar-refractivity contribution in [1.29, 1.82) is 0 Å². The molecule has 0 aliphatic carbocycles. The third-order valence-corrected chi connectivity index (χ3v) is 4.89. The average molecular weight is 347 g/mol. The zero-order chi connectivity index (χ0) is 17.8. The quantitative estimate of drug-likeness (QED) is 0.743. The van der Waals surface area contributed by atoms with Crippen LogP contribution in [0.25, 0.3) is 10.9 Å². The van der Waals surface area contributed by atoms with E-state index in [1.54, 1.807) is 0 Å². The van der Waals surface area contributed by atoms with E-state index in [0.717, 1.165) is 55.1 Å². The Morgan fingerprint density at radius 1 is 0.885 bits per heavy atom. The molecule has 1 aromatic heterocycles. The second-order valence-corrected chi connectivity index (χ2v) is 6.57. The molecule has 2 aromatic carbocycles. The van der Waals surface area contributed by atoms with Gasteiger partial charge in [-0.25, -0.2) is 4.98 Å². The largest absolute Gasteiger partial charge is 0.383 e. The Hall–Kier alpha value is -2.79. The van der Waals surface area contributed by atoms with Gasteiger partial charge in [0.1, 0.15) is 5.82 Å². The lowest BCUT2D eigenvalue weighted by Crippen LogP contribution is -2.46. The first-order valence-electron chi connectivity index (χ1n) is 9.24. The van der Waals surface area contributed by atoms with E-state index in [0.29, 0.717) is 6.54 Å². The summed E-state index contributed by atoms with van der Waals surface area (Å²) in [5, 5.41) is 4.60. The van der Waals surface area contributed by atoms with E-state index in [1.807, 2.05) is 6.07 Å². The number of nitrogens with zero attached hydrogens (tertiary/aromatic N) is 3. The highest BCUT2D eigenvalue weighted by atomic mass is 15.3. The number of hydrogen-bond acceptors (Lipinski definition) is 5. The van der Waals surface area contributed by atoms with Gasteiger partial charge in [-0.05, 0) is 18.2 Å². The summed E-state index contributed by atoms with van der Waals surface area (Å²) in [4.78, 5) is 9.71. The lowest BCUT2D eigenvalue weighted by molar-refractivity contribution is 0.648. The van der Waals surface area contributed by atoms with Gasteiger partial charge < -0.3 is 20.9 Å². The average Bonchev–Trinajstić information content (AvgIpc) is 2.72. The highest BCUT2D eigenvalue weighted by Gasteiger charge is 2.19. The summed E-state index contributed by atoms with van der Waals surface area (Å²) >= 11 is 0. The predicted molar refractivity (Wildman–Crippen MR) is 110 cm³/mol. The molecule has 1 aliphatic rings. The summed E-state index contributed by atoms with van der Waals surface area (Å²) in [5.74, 6) is 1.04. The number of fused-ring (bicyclic) bond motifs is 1. The maximum Gasteiger partial charge on any atom is 0.131 e. The van der Waals surface area contributed by atoms with Crippen LogP contribution in [-0.4, -0.2) is 44.3 Å². The molecule has 3 N–H and O–H groups in total. The zero-order valence-electron chi connectivity index (χ0n) is 14.9. The van der Waals surface area contributed by atoms with Crippen molar-refractivity contribution in [3.8, 4) is 0 Å². The van der Waals surface area contributed by atoms with Gasteiger partial charge in [-0.2, -0.15) is 0 Å². The molecule has 1 aliphatic heterocycles. The van der Waals surface area contributed by atoms with Gasteiger partial charge in [0.25, 0.3) is 0 Å². The number of hydrogen-bond donors (Lipinski definition) is 2. The number of pyridine rings is 1. The SMILES string of the molecule is NCCNc1cc(N2CCN(c3ccccc3)CC2)nc2ccccc12. The lowest BCUT2D eigenvalue weighted by Gasteiger charge is -2.37. The van der Waals surface area contributed by atoms with Crippen molar-refractivity contribution in [2.24, 2.45) is 5.73 Å². The van der Waals surface area contributed by atoms with Crippen LogP contribution in [0.5, 0.6) is 0 Å². The second kappa shape index (κ2) is 7.62. The fraction of sp³-hybridized carbons (Fsp3) is 0.286. The predicted octanol–water partition coefficient (Wildman–Crippen LogP) is 2.93. The van der Waals surface area contributed by atoms with Gasteiger partial charge in [-0.3, -0.25) is 0 Å². The van der Waals surface area contributed by atoms with Gasteiger partial charge in [0, 0.05) is 62.1 Å². The Balaban J connectivity index is 1.55. The van der Waals surface area contributed by atoms with Crippen LogP contribution < -0.4 is 20.9 Å². The molecule has 0 saturated carbocycles. The van der Waals surface area contributed by atoms with Crippen molar-refractivity contribution in [3.63, 3.8) is 0 Å². The van der Waals surface area contributed by atoms with E-state index in [-0.39, 0.29) is 0 Å². The summed E-state index contributed by atoms with van der Waals surface area (Å²) in [6.45, 7) is 5.32. The van der Waals surface area contributed by atoms with E-state index < -0.39 is 0 Å². The molecule has 134 valence electrons. The van der Waals surface area contributed by atoms with Crippen LogP contribution in [0.15, 0.2) is 60.7 Å². The van der Waals surface area contributed by atoms with Gasteiger partial charge in [0.2, 0.25) is 0 Å². The summed E-state index contributed by atoms with van der Waals surface area (Å²) in [6, 6.07) is 21.1. The molecule has 0 atom stereocenters. The molecule has 0 amide bonds. The van der Waals surface area contributed by atoms with Crippen LogP contribution in [0.2, 0.25) is 0 Å². The van der Waals surface area contributed by atoms with Gasteiger partial charge >= 0.3 is 0 Å². The lowest BCUT2D eigenvalue weighted by atomic mass is 10.1. The van der Waals surface area contributed by atoms with Gasteiger partial charge in [0.05, 0.1) is 5.52 Å². The highest BCUT2D eigenvalue weighted by molar-refractivity contribution is 5.93. The smallest absolute Gasteiger partial charge is 0.131 e. The molecule has 3 aromatic rings. The number of benzene rings is 2. The van der Waals surface area contributed by atoms with Crippen LogP contribution in [-0.2, 0) is 0 Å². The first-order chi connectivity index (χ1) is 12.8. The molecular weight excluding hydrogens is 322 g/mol. The first kappa shape index (κ1) is 16.7. The van der Waals surface area contributed by atoms with Crippen LogP contribution in [0.1, 0.15) is 0 Å². The zero-order valence-corrected chi connectivity index (χ0v) is 14.9. The van der Waals surface area contributed by atoms with E-state index in [1.165, 1.54) is 5.69 Å². The van der Waals surface area contributed by atoms with Gasteiger partial charge in [-0.15, -0.1) is 0 Å². The van der Waals surface area contributed by atoms with E-state index in [4.69, 9.17) is 10.7 Å².